The Hall–Kier alpha value is -4.06. The highest BCUT2D eigenvalue weighted by Crippen LogP contribution is 2.31. The molecule has 0 radical (unpaired) electrons. The number of carbonyl (C=O) groups excluding carboxylic acids is 4. The number of ketones is 2. The Bertz CT molecular complexity index is 1310. The maximum Gasteiger partial charge on any atom is 0.339 e. The van der Waals surface area contributed by atoms with Crippen molar-refractivity contribution in [2.24, 2.45) is 0 Å². The van der Waals surface area contributed by atoms with Crippen molar-refractivity contribution in [3.05, 3.63) is 106 Å². The van der Waals surface area contributed by atoms with E-state index in [1.54, 1.807) is 24.3 Å². The van der Waals surface area contributed by atoms with Crippen LogP contribution in [0.5, 0.6) is 0 Å². The molecule has 6 nitrogen and oxygen atoms in total. The summed E-state index contributed by atoms with van der Waals surface area (Å²) in [7, 11) is 0. The molecule has 0 bridgehead atoms. The third kappa shape index (κ3) is 3.74. The SMILES string of the molecule is O=C(COC(=O)c1cccc2c1C(=O)c1ccccc1C2=O)NC1CCCc2ccccc21. The number of hydrogen-bond donors (Lipinski definition) is 1. The molecule has 1 amide bonds. The minimum absolute atomic E-state index is 0.0174. The summed E-state index contributed by atoms with van der Waals surface area (Å²) in [6.07, 6.45) is 2.76. The van der Waals surface area contributed by atoms with Crippen LogP contribution in [0.1, 0.15) is 72.2 Å². The summed E-state index contributed by atoms with van der Waals surface area (Å²) in [6, 6.07) is 18.9. The van der Waals surface area contributed by atoms with Crippen LogP contribution in [0.2, 0.25) is 0 Å². The van der Waals surface area contributed by atoms with E-state index >= 15 is 0 Å². The maximum atomic E-state index is 13.1. The molecular formula is C27H21NO5. The Morgan fingerprint density at radius 2 is 1.55 bits per heavy atom. The summed E-state index contributed by atoms with van der Waals surface area (Å²) in [5.41, 5.74) is 3.03. The third-order valence-corrected chi connectivity index (χ3v) is 6.21. The second-order valence-corrected chi connectivity index (χ2v) is 8.22. The Morgan fingerprint density at radius 1 is 0.848 bits per heavy atom. The lowest BCUT2D eigenvalue weighted by molar-refractivity contribution is -0.125. The molecule has 2 aliphatic rings. The van der Waals surface area contributed by atoms with Crippen LogP contribution in [0.15, 0.2) is 66.7 Å². The van der Waals surface area contributed by atoms with Crippen LogP contribution < -0.4 is 5.32 Å². The number of ether oxygens (including phenoxy) is 1. The summed E-state index contributed by atoms with van der Waals surface area (Å²) in [4.78, 5) is 51.2. The van der Waals surface area contributed by atoms with Gasteiger partial charge in [-0.1, -0.05) is 60.7 Å². The summed E-state index contributed by atoms with van der Waals surface area (Å²) in [5.74, 6) is -1.95. The first-order chi connectivity index (χ1) is 16.0. The van der Waals surface area contributed by atoms with E-state index in [2.05, 4.69) is 11.4 Å². The minimum atomic E-state index is -0.813. The predicted octanol–water partition coefficient (Wildman–Crippen LogP) is 3.81. The molecule has 1 N–H and O–H groups in total. The monoisotopic (exact) mass is 439 g/mol. The van der Waals surface area contributed by atoms with Crippen molar-refractivity contribution in [3.63, 3.8) is 0 Å². The number of benzene rings is 3. The van der Waals surface area contributed by atoms with Crippen LogP contribution >= 0.6 is 0 Å². The first-order valence-corrected chi connectivity index (χ1v) is 10.9. The number of esters is 1. The Morgan fingerprint density at radius 3 is 2.36 bits per heavy atom. The Kier molecular flexibility index (Phi) is 5.34. The van der Waals surface area contributed by atoms with E-state index in [4.69, 9.17) is 4.74 Å². The molecule has 1 unspecified atom stereocenters. The lowest BCUT2D eigenvalue weighted by Crippen LogP contribution is -2.34. The number of carbonyl (C=O) groups is 4. The fraction of sp³-hybridized carbons (Fsp3) is 0.185. The molecule has 0 spiro atoms. The smallest absolute Gasteiger partial charge is 0.339 e. The quantitative estimate of drug-likeness (QED) is 0.489. The van der Waals surface area contributed by atoms with Crippen LogP contribution in [0.25, 0.3) is 0 Å². The van der Waals surface area contributed by atoms with Crippen LogP contribution in [-0.4, -0.2) is 30.0 Å². The van der Waals surface area contributed by atoms with E-state index in [0.717, 1.165) is 24.8 Å². The van der Waals surface area contributed by atoms with Crippen LogP contribution in [0.4, 0.5) is 0 Å². The zero-order valence-electron chi connectivity index (χ0n) is 17.8. The highest BCUT2D eigenvalue weighted by atomic mass is 16.5. The van der Waals surface area contributed by atoms with Crippen LogP contribution in [-0.2, 0) is 16.0 Å². The molecule has 0 fully saturated rings. The number of hydrogen-bond acceptors (Lipinski definition) is 5. The molecule has 0 heterocycles. The van der Waals surface area contributed by atoms with E-state index < -0.39 is 24.3 Å². The highest BCUT2D eigenvalue weighted by Gasteiger charge is 2.33. The van der Waals surface area contributed by atoms with Gasteiger partial charge in [-0.25, -0.2) is 4.79 Å². The normalized spacial score (nSPS) is 16.3. The summed E-state index contributed by atoms with van der Waals surface area (Å²) in [6.45, 7) is -0.472. The van der Waals surface area contributed by atoms with Crippen molar-refractivity contribution in [2.75, 3.05) is 6.61 Å². The topological polar surface area (TPSA) is 89.5 Å². The fourth-order valence-electron chi connectivity index (χ4n) is 4.66. The van der Waals surface area contributed by atoms with Crippen molar-refractivity contribution in [3.8, 4) is 0 Å². The summed E-state index contributed by atoms with van der Waals surface area (Å²) < 4.78 is 5.24. The van der Waals surface area contributed by atoms with E-state index in [0.29, 0.717) is 5.56 Å². The molecule has 164 valence electrons. The molecule has 5 rings (SSSR count). The molecule has 0 aliphatic heterocycles. The first kappa shape index (κ1) is 20.8. The van der Waals surface area contributed by atoms with Crippen LogP contribution in [0.3, 0.4) is 0 Å². The molecule has 0 aromatic heterocycles. The average molecular weight is 439 g/mol. The third-order valence-electron chi connectivity index (χ3n) is 6.21. The van der Waals surface area contributed by atoms with Crippen molar-refractivity contribution >= 4 is 23.4 Å². The number of aryl methyl sites for hydroxylation is 1. The molecule has 6 heteroatoms. The molecule has 1 atom stereocenters. The summed E-state index contributed by atoms with van der Waals surface area (Å²) >= 11 is 0. The first-order valence-electron chi connectivity index (χ1n) is 10.9. The van der Waals surface area contributed by atoms with Gasteiger partial charge in [-0.3, -0.25) is 14.4 Å². The zero-order valence-corrected chi connectivity index (χ0v) is 17.8. The predicted molar refractivity (Wildman–Crippen MR) is 120 cm³/mol. The lowest BCUT2D eigenvalue weighted by Gasteiger charge is -2.26. The van der Waals surface area contributed by atoms with Gasteiger partial charge in [0.15, 0.2) is 18.2 Å². The van der Waals surface area contributed by atoms with E-state index in [1.807, 2.05) is 18.2 Å². The van der Waals surface area contributed by atoms with Crippen molar-refractivity contribution in [1.29, 1.82) is 0 Å². The standard InChI is InChI=1S/C27H21NO5/c29-23(28-22-14-5-8-16-7-1-2-9-17(16)22)15-33-27(32)21-13-6-12-20-24(21)26(31)19-11-4-3-10-18(19)25(20)30/h1-4,6-7,9-13,22H,5,8,14-15H2,(H,28,29). The van der Waals surface area contributed by atoms with E-state index in [-0.39, 0.29) is 34.1 Å². The van der Waals surface area contributed by atoms with Gasteiger partial charge in [0.05, 0.1) is 11.6 Å². The average Bonchev–Trinajstić information content (AvgIpc) is 2.85. The van der Waals surface area contributed by atoms with Crippen molar-refractivity contribution < 1.29 is 23.9 Å². The Balaban J connectivity index is 1.31. The minimum Gasteiger partial charge on any atom is -0.452 e. The number of fused-ring (bicyclic) bond motifs is 3. The second-order valence-electron chi connectivity index (χ2n) is 8.22. The van der Waals surface area contributed by atoms with Gasteiger partial charge in [0, 0.05) is 22.3 Å². The second kappa shape index (κ2) is 8.47. The van der Waals surface area contributed by atoms with Gasteiger partial charge >= 0.3 is 5.97 Å². The largest absolute Gasteiger partial charge is 0.452 e. The zero-order chi connectivity index (χ0) is 22.9. The van der Waals surface area contributed by atoms with Crippen molar-refractivity contribution in [1.82, 2.24) is 5.32 Å². The molecule has 3 aromatic carbocycles. The molecule has 33 heavy (non-hydrogen) atoms. The van der Waals surface area contributed by atoms with Crippen LogP contribution in [0, 0.1) is 0 Å². The lowest BCUT2D eigenvalue weighted by atomic mass is 9.82. The van der Waals surface area contributed by atoms with Gasteiger partial charge in [0.25, 0.3) is 5.91 Å². The molecular weight excluding hydrogens is 418 g/mol. The number of amides is 1. The fourth-order valence-corrected chi connectivity index (χ4v) is 4.66. The van der Waals surface area contributed by atoms with E-state index in [9.17, 15) is 19.2 Å². The van der Waals surface area contributed by atoms with Gasteiger partial charge < -0.3 is 10.1 Å². The molecule has 2 aliphatic carbocycles. The van der Waals surface area contributed by atoms with Gasteiger partial charge in [0.1, 0.15) is 0 Å². The summed E-state index contributed by atoms with van der Waals surface area (Å²) in [5, 5.41) is 2.94. The van der Waals surface area contributed by atoms with Crippen molar-refractivity contribution in [2.45, 2.75) is 25.3 Å². The molecule has 0 saturated heterocycles. The highest BCUT2D eigenvalue weighted by molar-refractivity contribution is 6.30. The number of nitrogens with one attached hydrogen (secondary N) is 1. The number of rotatable bonds is 4. The Labute approximate surface area is 190 Å². The van der Waals surface area contributed by atoms with Gasteiger partial charge in [-0.05, 0) is 36.5 Å². The van der Waals surface area contributed by atoms with Gasteiger partial charge in [0.2, 0.25) is 0 Å². The molecule has 3 aromatic rings. The van der Waals surface area contributed by atoms with Gasteiger partial charge in [-0.2, -0.15) is 0 Å². The van der Waals surface area contributed by atoms with E-state index in [1.165, 1.54) is 23.8 Å². The molecule has 0 saturated carbocycles. The van der Waals surface area contributed by atoms with Gasteiger partial charge in [-0.15, -0.1) is 0 Å². The maximum absolute atomic E-state index is 13.1.